The maximum absolute atomic E-state index is 12.6. The van der Waals surface area contributed by atoms with Gasteiger partial charge in [-0.3, -0.25) is 4.72 Å². The monoisotopic (exact) mass is 361 g/mol. The second kappa shape index (κ2) is 7.70. The number of hydrogen-bond acceptors (Lipinski definition) is 4. The molecule has 1 unspecified atom stereocenters. The molecule has 0 heterocycles. The molecular weight excluding hydrogens is 338 g/mol. The molecule has 6 heteroatoms. The van der Waals surface area contributed by atoms with Gasteiger partial charge in [0.05, 0.1) is 23.3 Å². The van der Waals surface area contributed by atoms with E-state index in [9.17, 15) is 13.2 Å². The molecule has 0 saturated carbocycles. The average molecular weight is 361 g/mol. The summed E-state index contributed by atoms with van der Waals surface area (Å²) < 4.78 is 32.5. The summed E-state index contributed by atoms with van der Waals surface area (Å²) >= 11 is 0. The van der Waals surface area contributed by atoms with E-state index in [1.807, 2.05) is 12.1 Å². The van der Waals surface area contributed by atoms with E-state index in [2.05, 4.69) is 23.3 Å². The van der Waals surface area contributed by atoms with Gasteiger partial charge in [0.15, 0.2) is 0 Å². The fourth-order valence-electron chi connectivity index (χ4n) is 2.39. The van der Waals surface area contributed by atoms with Gasteiger partial charge in [-0.2, -0.15) is 0 Å². The van der Waals surface area contributed by atoms with Crippen LogP contribution >= 0.6 is 0 Å². The Kier molecular flexibility index (Phi) is 5.85. The number of carbonyl (C=O) groups excluding carboxylic acids is 1. The van der Waals surface area contributed by atoms with Gasteiger partial charge in [0.2, 0.25) is 0 Å². The lowest BCUT2D eigenvalue weighted by atomic mass is 9.99. The van der Waals surface area contributed by atoms with Gasteiger partial charge in [-0.05, 0) is 54.7 Å². The summed E-state index contributed by atoms with van der Waals surface area (Å²) in [6.07, 6.45) is 0.990. The highest BCUT2D eigenvalue weighted by atomic mass is 32.2. The molecule has 2 aromatic rings. The first-order valence-corrected chi connectivity index (χ1v) is 9.58. The van der Waals surface area contributed by atoms with Crippen LogP contribution in [0.25, 0.3) is 0 Å². The molecule has 0 aliphatic rings. The molecule has 0 spiro atoms. The van der Waals surface area contributed by atoms with Crippen molar-refractivity contribution in [3.05, 3.63) is 59.2 Å². The van der Waals surface area contributed by atoms with Crippen LogP contribution in [-0.2, 0) is 14.8 Å². The molecule has 25 heavy (non-hydrogen) atoms. The van der Waals surface area contributed by atoms with Crippen molar-refractivity contribution in [1.82, 2.24) is 0 Å². The van der Waals surface area contributed by atoms with Crippen LogP contribution in [0, 0.1) is 6.92 Å². The summed E-state index contributed by atoms with van der Waals surface area (Å²) in [5, 5.41) is 0. The number of benzene rings is 2. The highest BCUT2D eigenvalue weighted by Gasteiger charge is 2.17. The van der Waals surface area contributed by atoms with Gasteiger partial charge < -0.3 is 4.74 Å². The van der Waals surface area contributed by atoms with Crippen LogP contribution in [0.3, 0.4) is 0 Å². The Morgan fingerprint density at radius 1 is 1.16 bits per heavy atom. The SMILES string of the molecule is CCC(C)c1ccc(S(=O)(=O)Nc2cc(C(=O)OC)ccc2C)cc1. The summed E-state index contributed by atoms with van der Waals surface area (Å²) in [7, 11) is -2.45. The van der Waals surface area contributed by atoms with Crippen molar-refractivity contribution in [3.63, 3.8) is 0 Å². The topological polar surface area (TPSA) is 72.5 Å². The number of nitrogens with one attached hydrogen (secondary N) is 1. The van der Waals surface area contributed by atoms with Gasteiger partial charge in [0.1, 0.15) is 0 Å². The lowest BCUT2D eigenvalue weighted by molar-refractivity contribution is 0.0601. The number of anilines is 1. The van der Waals surface area contributed by atoms with Crippen molar-refractivity contribution < 1.29 is 17.9 Å². The first kappa shape index (κ1) is 19.0. The van der Waals surface area contributed by atoms with E-state index in [0.717, 1.165) is 12.0 Å². The molecular formula is C19H23NO4S. The zero-order chi connectivity index (χ0) is 18.6. The van der Waals surface area contributed by atoms with E-state index < -0.39 is 16.0 Å². The van der Waals surface area contributed by atoms with Crippen molar-refractivity contribution >= 4 is 21.7 Å². The summed E-state index contributed by atoms with van der Waals surface area (Å²) in [4.78, 5) is 11.8. The normalized spacial score (nSPS) is 12.5. The molecule has 0 amide bonds. The zero-order valence-electron chi connectivity index (χ0n) is 14.9. The van der Waals surface area contributed by atoms with Gasteiger partial charge in [0.25, 0.3) is 10.0 Å². The molecule has 0 radical (unpaired) electrons. The number of rotatable bonds is 6. The number of esters is 1. The Balaban J connectivity index is 2.31. The Bertz CT molecular complexity index is 857. The maximum atomic E-state index is 12.6. The summed E-state index contributed by atoms with van der Waals surface area (Å²) in [6.45, 7) is 5.96. The molecule has 0 aliphatic heterocycles. The molecule has 0 aromatic heterocycles. The predicted molar refractivity (Wildman–Crippen MR) is 98.5 cm³/mol. The van der Waals surface area contributed by atoms with Gasteiger partial charge in [-0.15, -0.1) is 0 Å². The molecule has 5 nitrogen and oxygen atoms in total. The Labute approximate surface area is 149 Å². The second-order valence-corrected chi connectivity index (χ2v) is 7.69. The van der Waals surface area contributed by atoms with Crippen LogP contribution in [-0.4, -0.2) is 21.5 Å². The van der Waals surface area contributed by atoms with Crippen molar-refractivity contribution in [2.45, 2.75) is 38.0 Å². The minimum atomic E-state index is -3.74. The van der Waals surface area contributed by atoms with E-state index in [1.165, 1.54) is 13.2 Å². The van der Waals surface area contributed by atoms with Crippen LogP contribution in [0.5, 0.6) is 0 Å². The number of methoxy groups -OCH3 is 1. The molecule has 1 atom stereocenters. The minimum absolute atomic E-state index is 0.183. The van der Waals surface area contributed by atoms with E-state index in [-0.39, 0.29) is 10.5 Å². The van der Waals surface area contributed by atoms with Crippen molar-refractivity contribution in [2.75, 3.05) is 11.8 Å². The quantitative estimate of drug-likeness (QED) is 0.786. The predicted octanol–water partition coefficient (Wildman–Crippen LogP) is 4.10. The third-order valence-electron chi connectivity index (χ3n) is 4.27. The molecule has 1 N–H and O–H groups in total. The summed E-state index contributed by atoms with van der Waals surface area (Å²) in [5.41, 5.74) is 2.46. The number of aryl methyl sites for hydroxylation is 1. The Morgan fingerprint density at radius 3 is 2.36 bits per heavy atom. The smallest absolute Gasteiger partial charge is 0.337 e. The van der Waals surface area contributed by atoms with E-state index in [0.29, 0.717) is 17.2 Å². The van der Waals surface area contributed by atoms with Crippen LogP contribution in [0.1, 0.15) is 47.7 Å². The molecule has 2 aromatic carbocycles. The largest absolute Gasteiger partial charge is 0.465 e. The van der Waals surface area contributed by atoms with Crippen LogP contribution in [0.4, 0.5) is 5.69 Å². The number of sulfonamides is 1. The highest BCUT2D eigenvalue weighted by molar-refractivity contribution is 7.92. The minimum Gasteiger partial charge on any atom is -0.465 e. The summed E-state index contributed by atoms with van der Waals surface area (Å²) in [6, 6.07) is 11.6. The average Bonchev–Trinajstić information content (AvgIpc) is 2.62. The van der Waals surface area contributed by atoms with Gasteiger partial charge in [0, 0.05) is 0 Å². The lowest BCUT2D eigenvalue weighted by Gasteiger charge is -2.13. The van der Waals surface area contributed by atoms with Gasteiger partial charge in [-0.25, -0.2) is 13.2 Å². The molecule has 0 bridgehead atoms. The first-order valence-electron chi connectivity index (χ1n) is 8.10. The van der Waals surface area contributed by atoms with E-state index >= 15 is 0 Å². The number of carbonyl (C=O) groups is 1. The lowest BCUT2D eigenvalue weighted by Crippen LogP contribution is -2.14. The van der Waals surface area contributed by atoms with Crippen LogP contribution in [0.15, 0.2) is 47.4 Å². The third-order valence-corrected chi connectivity index (χ3v) is 5.66. The highest BCUT2D eigenvalue weighted by Crippen LogP contribution is 2.24. The van der Waals surface area contributed by atoms with Crippen LogP contribution < -0.4 is 4.72 Å². The molecule has 0 saturated heterocycles. The fourth-order valence-corrected chi connectivity index (χ4v) is 3.51. The number of hydrogen-bond donors (Lipinski definition) is 1. The second-order valence-electron chi connectivity index (χ2n) is 6.01. The molecule has 0 aliphatic carbocycles. The first-order chi connectivity index (χ1) is 11.8. The molecule has 134 valence electrons. The Hall–Kier alpha value is -2.34. The Morgan fingerprint density at radius 2 is 1.80 bits per heavy atom. The molecule has 2 rings (SSSR count). The summed E-state index contributed by atoms with van der Waals surface area (Å²) in [5.74, 6) is -0.137. The van der Waals surface area contributed by atoms with Crippen molar-refractivity contribution in [3.8, 4) is 0 Å². The van der Waals surface area contributed by atoms with Crippen molar-refractivity contribution in [1.29, 1.82) is 0 Å². The zero-order valence-corrected chi connectivity index (χ0v) is 15.7. The van der Waals surface area contributed by atoms with E-state index in [1.54, 1.807) is 31.2 Å². The van der Waals surface area contributed by atoms with Crippen molar-refractivity contribution in [2.24, 2.45) is 0 Å². The fraction of sp³-hybridized carbons (Fsp3) is 0.316. The van der Waals surface area contributed by atoms with E-state index in [4.69, 9.17) is 0 Å². The van der Waals surface area contributed by atoms with Gasteiger partial charge in [-0.1, -0.05) is 32.0 Å². The van der Waals surface area contributed by atoms with Crippen LogP contribution in [0.2, 0.25) is 0 Å². The molecule has 0 fully saturated rings. The third kappa shape index (κ3) is 4.39. The standard InChI is InChI=1S/C19H23NO4S/c1-5-13(2)15-8-10-17(11-9-15)25(22,23)20-18-12-16(19(21)24-4)7-6-14(18)3/h6-13,20H,5H2,1-4H3. The van der Waals surface area contributed by atoms with Gasteiger partial charge >= 0.3 is 5.97 Å². The maximum Gasteiger partial charge on any atom is 0.337 e. The number of ether oxygens (including phenoxy) is 1.